The smallest absolute Gasteiger partial charge is 0.325 e. The number of aliphatic carboxylic acids is 3. The second-order valence-electron chi connectivity index (χ2n) is 25.3. The number of rotatable bonds is 39. The molecule has 49 heteroatoms. The Labute approximate surface area is 620 Å². The number of aliphatic hydroxyl groups is 14. The number of nitrogens with one attached hydrogen (secondary N) is 10. The van der Waals surface area contributed by atoms with Gasteiger partial charge in [0.2, 0.25) is 59.1 Å². The minimum absolute atomic E-state index is 0.00768. The van der Waals surface area contributed by atoms with E-state index >= 15 is 0 Å². The highest BCUT2D eigenvalue weighted by Gasteiger charge is 2.53. The van der Waals surface area contributed by atoms with Crippen LogP contribution in [-0.4, -0.2) is 395 Å². The Bertz CT molecular complexity index is 2950. The Hall–Kier alpha value is -7.81. The van der Waals surface area contributed by atoms with E-state index in [1.54, 1.807) is 0 Å². The van der Waals surface area contributed by atoms with Gasteiger partial charge in [0.15, 0.2) is 12.6 Å². The number of nitrogens with two attached hydrogens (primary N) is 3. The fraction of sp³-hybridized carbons (Fsp3) is 0.783. The summed E-state index contributed by atoms with van der Waals surface area (Å²) in [5, 5.41) is 186. The number of hydrogen-bond donors (Lipinski definition) is 30. The molecule has 0 aliphatic carbocycles. The summed E-state index contributed by atoms with van der Waals surface area (Å²) >= 11 is 0. The van der Waals surface area contributed by atoms with Gasteiger partial charge >= 0.3 is 17.9 Å². The maximum atomic E-state index is 12.7. The van der Waals surface area contributed by atoms with E-state index in [2.05, 4.69) is 47.9 Å². The molecule has 4 aliphatic rings. The number of carboxylic acid groups (broad SMARTS) is 3. The predicted octanol–water partition coefficient (Wildman–Crippen LogP) is -17.8. The molecule has 4 saturated heterocycles. The second kappa shape index (κ2) is 48.8. The summed E-state index contributed by atoms with van der Waals surface area (Å²) in [7, 11) is 0. The van der Waals surface area contributed by atoms with Crippen molar-refractivity contribution in [2.24, 2.45) is 17.2 Å². The first-order valence-corrected chi connectivity index (χ1v) is 33.9. The molecule has 626 valence electrons. The lowest BCUT2D eigenvalue weighted by Crippen LogP contribution is -2.68. The average molecular weight is 1580 g/mol. The molecule has 33 N–H and O–H groups in total. The molecule has 0 aromatic rings. The Balaban J connectivity index is 0.000000565. The monoisotopic (exact) mass is 1580 g/mol. The Kier molecular flexibility index (Phi) is 43.5. The molecule has 0 aromatic carbocycles. The number of hydrogen-bond acceptors (Lipinski definition) is 36. The number of amides is 10. The lowest BCUT2D eigenvalue weighted by atomic mass is 9.92. The fourth-order valence-electron chi connectivity index (χ4n) is 10.2. The van der Waals surface area contributed by atoms with Crippen LogP contribution >= 0.6 is 0 Å². The van der Waals surface area contributed by atoms with Gasteiger partial charge in [-0.3, -0.25) is 62.3 Å². The van der Waals surface area contributed by atoms with Crippen molar-refractivity contribution >= 4 is 77.0 Å². The molecule has 0 bridgehead atoms. The molecule has 4 rings (SSSR count). The maximum absolute atomic E-state index is 12.7. The predicted molar refractivity (Wildman–Crippen MR) is 357 cm³/mol. The number of carboxylic acids is 3. The molecule has 0 saturated carbocycles. The highest BCUT2D eigenvalue weighted by Crippen LogP contribution is 2.31. The van der Waals surface area contributed by atoms with Crippen LogP contribution < -0.4 is 70.4 Å². The van der Waals surface area contributed by atoms with E-state index in [0.717, 1.165) is 6.92 Å². The molecule has 49 nitrogen and oxygen atoms in total. The zero-order valence-electron chi connectivity index (χ0n) is 59.6. The third-order valence-electron chi connectivity index (χ3n) is 16.7. The van der Waals surface area contributed by atoms with Crippen LogP contribution in [0.15, 0.2) is 0 Å². The lowest BCUT2D eigenvalue weighted by Gasteiger charge is -2.47. The Morgan fingerprint density at radius 2 is 0.807 bits per heavy atom. The first-order chi connectivity index (χ1) is 51.0. The van der Waals surface area contributed by atoms with Crippen molar-refractivity contribution in [2.75, 3.05) is 72.2 Å². The molecule has 0 spiro atoms. The van der Waals surface area contributed by atoms with Crippen molar-refractivity contribution in [3.63, 3.8) is 0 Å². The quantitative estimate of drug-likeness (QED) is 0.0254. The van der Waals surface area contributed by atoms with Crippen LogP contribution in [0.3, 0.4) is 0 Å². The lowest BCUT2D eigenvalue weighted by molar-refractivity contribution is -0.347. The van der Waals surface area contributed by atoms with Gasteiger partial charge < -0.3 is 186 Å². The van der Waals surface area contributed by atoms with Gasteiger partial charge in [0.25, 0.3) is 0 Å². The number of aliphatic hydroxyl groups excluding tert-OH is 14. The van der Waals surface area contributed by atoms with Crippen LogP contribution in [0.25, 0.3) is 0 Å². The fourth-order valence-corrected chi connectivity index (χ4v) is 10.2. The van der Waals surface area contributed by atoms with E-state index in [1.165, 1.54) is 20.8 Å². The minimum atomic E-state index is -1.87. The van der Waals surface area contributed by atoms with E-state index in [1.807, 2.05) is 5.32 Å². The van der Waals surface area contributed by atoms with Gasteiger partial charge in [0.1, 0.15) is 129 Å². The SMILES string of the molecule is CC(=O)NC1[C@@H](OC(C)[C@H](N)C(=O)N[C@@H](C)C(=O)N[C@@H](C)C(=O)O)OC(CO)[C@H](O)[C@@H]1O[C@@H]1OC(CO)[C@H](O)[C@H](O)C1O.N[C@@H](CCCCNC(=O)C[C@H]1OC(CO)[C@H](O)[C@H](O)C1O)C(=O)NCC(=O)NCC(=O)NCC(=O)O.N[C@@H](CC[C@H]1OC(CO)[C@H](O)[C@H](O)C1O)C(=O)NCC(=O)NCC(=O)NCC(=O)O. The molecule has 26 atom stereocenters. The molecule has 9 unspecified atom stereocenters. The van der Waals surface area contributed by atoms with Crippen molar-refractivity contribution in [3.8, 4) is 0 Å². The largest absolute Gasteiger partial charge is 0.480 e. The third kappa shape index (κ3) is 33.0. The first kappa shape index (κ1) is 97.3. The standard InChI is InChI=1S/C24H42N4O15.C20H35N5O11.C16H28N4O10/c1-7(20(36)27-8(2)22(38)39)26-21(37)13(25)9(3)40-23-14(28-10(4)31)19(16(33)12(6-30)41-23)43-24-18(35)17(34)15(32)11(5-29)42-24;21-10(20(35)25-7-15(29)23-6-14(28)24-8-16(30)31)3-1-2-4-22-13(27)5-11-17(32)19(34)18(33)12(9-26)36-11;17-7(1-2-8-13(26)15(28)14(27)9(6-21)30-8)16(29)20-4-11(23)18-3-10(22)19-5-12(24)25/h7-9,11-19,23-24,29-30,32-35H,5-6,25H2,1-4H3,(H,26,37)(H,27,36)(H,28,31)(H,38,39);10-12,17-19,26,32-34H,1-9,21H2,(H,22,27)(H,23,29)(H,24,28)(H,25,35)(H,30,31);7-9,13-15,21,26-28H,1-6,17H2,(H,18,23)(H,19,22)(H,20,29)(H,24,25)/t7-,8-,9?,11?,12?,13-,14?,15-,16-,17-,18?,19+,23-,24-;10-,11+,12?,17?,18-,19+;7-,8+,9?,13?,14-,15+/m000/s1. The third-order valence-corrected chi connectivity index (χ3v) is 16.7. The average Bonchev–Trinajstić information content (AvgIpc) is 0.780. The molecule has 109 heavy (non-hydrogen) atoms. The number of carbonyl (C=O) groups excluding carboxylic acids is 10. The van der Waals surface area contributed by atoms with Crippen molar-refractivity contribution in [1.82, 2.24) is 53.2 Å². The minimum Gasteiger partial charge on any atom is -0.480 e. The summed E-state index contributed by atoms with van der Waals surface area (Å²) in [5.41, 5.74) is 17.5. The van der Waals surface area contributed by atoms with E-state index in [-0.39, 0.29) is 32.2 Å². The molecule has 4 fully saturated rings. The maximum Gasteiger partial charge on any atom is 0.325 e. The van der Waals surface area contributed by atoms with Crippen LogP contribution in [0.2, 0.25) is 0 Å². The van der Waals surface area contributed by atoms with Gasteiger partial charge in [-0.25, -0.2) is 0 Å². The van der Waals surface area contributed by atoms with Gasteiger partial charge in [0, 0.05) is 13.5 Å². The molecule has 4 aliphatic heterocycles. The summed E-state index contributed by atoms with van der Waals surface area (Å²) in [4.78, 5) is 150. The Morgan fingerprint density at radius 3 is 1.27 bits per heavy atom. The van der Waals surface area contributed by atoms with Crippen LogP contribution in [0.5, 0.6) is 0 Å². The highest BCUT2D eigenvalue weighted by molar-refractivity contribution is 5.93. The first-order valence-electron chi connectivity index (χ1n) is 33.9. The van der Waals surface area contributed by atoms with E-state index in [0.29, 0.717) is 12.8 Å². The van der Waals surface area contributed by atoms with Crippen molar-refractivity contribution < 1.29 is 178 Å². The summed E-state index contributed by atoms with van der Waals surface area (Å²) in [5.74, 6) is -10.6. The van der Waals surface area contributed by atoms with E-state index in [9.17, 15) is 129 Å². The molecule has 4 heterocycles. The van der Waals surface area contributed by atoms with E-state index in [4.69, 9.17) is 66.0 Å². The van der Waals surface area contributed by atoms with Crippen LogP contribution in [0.1, 0.15) is 66.2 Å². The van der Waals surface area contributed by atoms with Crippen LogP contribution in [0.4, 0.5) is 0 Å². The Morgan fingerprint density at radius 1 is 0.413 bits per heavy atom. The summed E-state index contributed by atoms with van der Waals surface area (Å²) in [6, 6.07) is -7.26. The van der Waals surface area contributed by atoms with Crippen LogP contribution in [0, 0.1) is 0 Å². The number of unbranched alkanes of at least 4 members (excludes halogenated alkanes) is 1. The van der Waals surface area contributed by atoms with Gasteiger partial charge in [-0.2, -0.15) is 0 Å². The molecular formula is C60H105N13O36. The van der Waals surface area contributed by atoms with Gasteiger partial charge in [-0.15, -0.1) is 0 Å². The van der Waals surface area contributed by atoms with Gasteiger partial charge in [0.05, 0.1) is 89.4 Å². The zero-order chi connectivity index (χ0) is 82.9. The molecule has 0 radical (unpaired) electrons. The summed E-state index contributed by atoms with van der Waals surface area (Å²) in [6.07, 6.45) is -28.2. The summed E-state index contributed by atoms with van der Waals surface area (Å²) < 4.78 is 33.1. The van der Waals surface area contributed by atoms with Crippen molar-refractivity contribution in [1.29, 1.82) is 0 Å². The molecule has 0 aromatic heterocycles. The summed E-state index contributed by atoms with van der Waals surface area (Å²) in [6.45, 7) is -0.467. The van der Waals surface area contributed by atoms with Crippen molar-refractivity contribution in [2.45, 2.75) is 225 Å². The van der Waals surface area contributed by atoms with Gasteiger partial charge in [-0.1, -0.05) is 0 Å². The molecule has 10 amide bonds. The normalized spacial score (nSPS) is 29.5. The number of carbonyl (C=O) groups is 13. The molecular weight excluding hydrogens is 1480 g/mol. The highest BCUT2D eigenvalue weighted by atomic mass is 16.7. The number of ether oxygens (including phenoxy) is 6. The second-order valence-corrected chi connectivity index (χ2v) is 25.3. The zero-order valence-corrected chi connectivity index (χ0v) is 59.6. The van der Waals surface area contributed by atoms with Gasteiger partial charge in [-0.05, 0) is 52.9 Å². The topological polar surface area (TPSA) is 820 Å². The van der Waals surface area contributed by atoms with Crippen LogP contribution in [-0.2, 0) is 90.8 Å². The van der Waals surface area contributed by atoms with Crippen molar-refractivity contribution in [3.05, 3.63) is 0 Å². The van der Waals surface area contributed by atoms with E-state index < -0.39 is 301 Å².